The molecular weight excluding hydrogens is 599 g/mol. The van der Waals surface area contributed by atoms with E-state index in [2.05, 4.69) is 121 Å². The second kappa shape index (κ2) is 11.0. The van der Waals surface area contributed by atoms with Crippen LogP contribution in [0.4, 0.5) is 0 Å². The van der Waals surface area contributed by atoms with Gasteiger partial charge in [0.25, 0.3) is 0 Å². The third-order valence-corrected chi connectivity index (χ3v) is 9.50. The van der Waals surface area contributed by atoms with Crippen LogP contribution in [0.3, 0.4) is 0 Å². The number of rotatable bonds is 4. The van der Waals surface area contributed by atoms with Crippen molar-refractivity contribution in [2.45, 2.75) is 0 Å². The molecule has 0 saturated carbocycles. The van der Waals surface area contributed by atoms with Crippen LogP contribution in [-0.2, 0) is 0 Å². The van der Waals surface area contributed by atoms with Crippen molar-refractivity contribution in [3.63, 3.8) is 0 Å². The molecule has 0 aliphatic rings. The van der Waals surface area contributed by atoms with Gasteiger partial charge in [-0.15, -0.1) is 0 Å². The molecule has 2 heterocycles. The van der Waals surface area contributed by atoms with Gasteiger partial charge in [-0.25, -0.2) is 15.0 Å². The highest BCUT2D eigenvalue weighted by atomic mass is 16.3. The molecule has 0 aliphatic carbocycles. The molecular formula is C45H27N3O. The molecule has 2 aromatic heterocycles. The first kappa shape index (κ1) is 27.5. The first-order chi connectivity index (χ1) is 24.3. The summed E-state index contributed by atoms with van der Waals surface area (Å²) in [6.07, 6.45) is 0. The van der Waals surface area contributed by atoms with Crippen molar-refractivity contribution in [2.75, 3.05) is 0 Å². The quantitative estimate of drug-likeness (QED) is 0.183. The molecule has 0 amide bonds. The number of hydrogen-bond donors (Lipinski definition) is 0. The normalized spacial score (nSPS) is 11.7. The average molecular weight is 626 g/mol. The van der Waals surface area contributed by atoms with Gasteiger partial charge in [-0.05, 0) is 56.3 Å². The van der Waals surface area contributed by atoms with Gasteiger partial charge >= 0.3 is 0 Å². The molecule has 10 aromatic rings. The Balaban J connectivity index is 1.25. The smallest absolute Gasteiger partial charge is 0.164 e. The Morgan fingerprint density at radius 1 is 0.347 bits per heavy atom. The zero-order chi connectivity index (χ0) is 32.3. The highest BCUT2D eigenvalue weighted by molar-refractivity contribution is 6.22. The Labute approximate surface area is 282 Å². The van der Waals surface area contributed by atoms with E-state index >= 15 is 0 Å². The van der Waals surface area contributed by atoms with Crippen LogP contribution >= 0.6 is 0 Å². The standard InChI is InChI=1S/C45H27N3O/c1-3-12-28(13-4-1)38-27-39-41-36(20-11-21-40(41)49-42(39)35-19-10-9-18-34(35)38)45-47-43(31-15-5-2-6-16-31)46-44(48-45)32-25-24-30-23-22-29-14-7-8-17-33(29)37(30)26-32/h1-27H. The van der Waals surface area contributed by atoms with Crippen molar-refractivity contribution in [2.24, 2.45) is 0 Å². The molecule has 0 spiro atoms. The maximum atomic E-state index is 6.67. The molecule has 0 atom stereocenters. The number of furan rings is 1. The Bertz CT molecular complexity index is 2880. The second-order valence-corrected chi connectivity index (χ2v) is 12.4. The maximum absolute atomic E-state index is 6.67. The van der Waals surface area contributed by atoms with Gasteiger partial charge in [0.2, 0.25) is 0 Å². The zero-order valence-corrected chi connectivity index (χ0v) is 26.3. The SMILES string of the molecule is c1ccc(-c2nc(-c3ccc4ccc5ccccc5c4c3)nc(-c3cccc4oc5c6ccccc6c(-c6ccccc6)cc5c34)n2)cc1. The van der Waals surface area contributed by atoms with Crippen molar-refractivity contribution >= 4 is 54.3 Å². The topological polar surface area (TPSA) is 51.8 Å². The molecule has 4 nitrogen and oxygen atoms in total. The van der Waals surface area contributed by atoms with Gasteiger partial charge in [-0.3, -0.25) is 0 Å². The van der Waals surface area contributed by atoms with E-state index in [1.165, 1.54) is 21.5 Å². The maximum Gasteiger partial charge on any atom is 0.164 e. The first-order valence-corrected chi connectivity index (χ1v) is 16.4. The van der Waals surface area contributed by atoms with Crippen LogP contribution in [0, 0.1) is 0 Å². The van der Waals surface area contributed by atoms with E-state index in [0.29, 0.717) is 17.5 Å². The molecule has 10 rings (SSSR count). The number of aromatic nitrogens is 3. The summed E-state index contributed by atoms with van der Waals surface area (Å²) in [6, 6.07) is 56.9. The van der Waals surface area contributed by atoms with Crippen LogP contribution in [0.25, 0.3) is 99.5 Å². The van der Waals surface area contributed by atoms with Crippen molar-refractivity contribution in [3.05, 3.63) is 164 Å². The number of hydrogen-bond acceptors (Lipinski definition) is 4. The fraction of sp³-hybridized carbons (Fsp3) is 0. The molecule has 228 valence electrons. The molecule has 0 saturated heterocycles. The summed E-state index contributed by atoms with van der Waals surface area (Å²) in [5.41, 5.74) is 6.74. The highest BCUT2D eigenvalue weighted by Gasteiger charge is 2.20. The van der Waals surface area contributed by atoms with E-state index in [0.717, 1.165) is 60.5 Å². The van der Waals surface area contributed by atoms with Gasteiger partial charge in [-0.1, -0.05) is 146 Å². The minimum absolute atomic E-state index is 0.601. The van der Waals surface area contributed by atoms with E-state index in [1.807, 2.05) is 42.5 Å². The lowest BCUT2D eigenvalue weighted by atomic mass is 9.94. The van der Waals surface area contributed by atoms with Gasteiger partial charge in [0, 0.05) is 32.8 Å². The summed E-state index contributed by atoms with van der Waals surface area (Å²) in [4.78, 5) is 15.4. The van der Waals surface area contributed by atoms with E-state index in [-0.39, 0.29) is 0 Å². The molecule has 0 bridgehead atoms. The van der Waals surface area contributed by atoms with Crippen molar-refractivity contribution in [1.82, 2.24) is 15.0 Å². The Morgan fingerprint density at radius 3 is 1.76 bits per heavy atom. The fourth-order valence-electron chi connectivity index (χ4n) is 7.17. The van der Waals surface area contributed by atoms with Gasteiger partial charge in [0.05, 0.1) is 0 Å². The largest absolute Gasteiger partial charge is 0.455 e. The van der Waals surface area contributed by atoms with Gasteiger partial charge in [0.1, 0.15) is 11.2 Å². The van der Waals surface area contributed by atoms with Crippen LogP contribution in [0.5, 0.6) is 0 Å². The molecule has 0 N–H and O–H groups in total. The van der Waals surface area contributed by atoms with Crippen LogP contribution in [0.1, 0.15) is 0 Å². The molecule has 0 aliphatic heterocycles. The van der Waals surface area contributed by atoms with E-state index < -0.39 is 0 Å². The average Bonchev–Trinajstić information content (AvgIpc) is 3.57. The van der Waals surface area contributed by atoms with Crippen LogP contribution in [0.2, 0.25) is 0 Å². The van der Waals surface area contributed by atoms with Crippen molar-refractivity contribution < 1.29 is 4.42 Å². The van der Waals surface area contributed by atoms with Gasteiger partial charge < -0.3 is 4.42 Å². The second-order valence-electron chi connectivity index (χ2n) is 12.4. The van der Waals surface area contributed by atoms with Crippen molar-refractivity contribution in [1.29, 1.82) is 0 Å². The van der Waals surface area contributed by atoms with Crippen LogP contribution in [-0.4, -0.2) is 15.0 Å². The number of benzene rings is 8. The lowest BCUT2D eigenvalue weighted by molar-refractivity contribution is 0.673. The monoisotopic (exact) mass is 625 g/mol. The summed E-state index contributed by atoms with van der Waals surface area (Å²) >= 11 is 0. The number of fused-ring (bicyclic) bond motifs is 8. The van der Waals surface area contributed by atoms with E-state index in [9.17, 15) is 0 Å². The third-order valence-electron chi connectivity index (χ3n) is 9.50. The predicted molar refractivity (Wildman–Crippen MR) is 201 cm³/mol. The Morgan fingerprint density at radius 2 is 0.959 bits per heavy atom. The van der Waals surface area contributed by atoms with Crippen molar-refractivity contribution in [3.8, 4) is 45.3 Å². The lowest BCUT2D eigenvalue weighted by Crippen LogP contribution is -2.00. The number of nitrogens with zero attached hydrogens (tertiary/aromatic N) is 3. The minimum Gasteiger partial charge on any atom is -0.455 e. The van der Waals surface area contributed by atoms with Gasteiger partial charge in [-0.2, -0.15) is 0 Å². The molecule has 0 fully saturated rings. The predicted octanol–water partition coefficient (Wildman–Crippen LogP) is 11.9. The Kier molecular flexibility index (Phi) is 6.15. The molecule has 49 heavy (non-hydrogen) atoms. The fourth-order valence-corrected chi connectivity index (χ4v) is 7.17. The van der Waals surface area contributed by atoms with Crippen LogP contribution in [0.15, 0.2) is 168 Å². The molecule has 0 radical (unpaired) electrons. The van der Waals surface area contributed by atoms with E-state index in [4.69, 9.17) is 19.4 Å². The van der Waals surface area contributed by atoms with Crippen LogP contribution < -0.4 is 0 Å². The van der Waals surface area contributed by atoms with E-state index in [1.54, 1.807) is 0 Å². The highest BCUT2D eigenvalue weighted by Crippen LogP contribution is 2.43. The summed E-state index contributed by atoms with van der Waals surface area (Å²) in [7, 11) is 0. The molecule has 4 heteroatoms. The Hall–Kier alpha value is -6.65. The minimum atomic E-state index is 0.601. The first-order valence-electron chi connectivity index (χ1n) is 16.4. The molecule has 8 aromatic carbocycles. The zero-order valence-electron chi connectivity index (χ0n) is 26.3. The summed E-state index contributed by atoms with van der Waals surface area (Å²) in [5, 5.41) is 9.00. The molecule has 0 unspecified atom stereocenters. The third kappa shape index (κ3) is 4.49. The lowest BCUT2D eigenvalue weighted by Gasteiger charge is -2.11. The summed E-state index contributed by atoms with van der Waals surface area (Å²) in [5.74, 6) is 1.85. The summed E-state index contributed by atoms with van der Waals surface area (Å²) in [6.45, 7) is 0. The van der Waals surface area contributed by atoms with Gasteiger partial charge in [0.15, 0.2) is 17.5 Å². The summed E-state index contributed by atoms with van der Waals surface area (Å²) < 4.78 is 6.67.